The quantitative estimate of drug-likeness (QED) is 0.594. The van der Waals surface area contributed by atoms with Crippen LogP contribution in [0.1, 0.15) is 49.4 Å². The van der Waals surface area contributed by atoms with Crippen LogP contribution in [-0.2, 0) is 12.3 Å². The first-order valence-corrected chi connectivity index (χ1v) is 8.58. The van der Waals surface area contributed by atoms with Gasteiger partial charge in [-0.3, -0.25) is 0 Å². The fraction of sp³-hybridized carbons (Fsp3) is 0.500. The van der Waals surface area contributed by atoms with E-state index in [1.807, 2.05) is 0 Å². The van der Waals surface area contributed by atoms with E-state index in [2.05, 4.69) is 46.6 Å². The molecule has 0 radical (unpaired) electrons. The number of aromatic nitrogens is 2. The summed E-state index contributed by atoms with van der Waals surface area (Å²) in [5, 5.41) is 7.48. The molecule has 0 saturated heterocycles. The molecule has 5 heteroatoms. The summed E-state index contributed by atoms with van der Waals surface area (Å²) in [5.41, 5.74) is 1.32. The molecule has 4 nitrogen and oxygen atoms in total. The van der Waals surface area contributed by atoms with E-state index in [4.69, 9.17) is 4.52 Å². The fourth-order valence-corrected chi connectivity index (χ4v) is 2.95. The maximum absolute atomic E-state index is 5.28. The van der Waals surface area contributed by atoms with E-state index in [-0.39, 0.29) is 0 Å². The summed E-state index contributed by atoms with van der Waals surface area (Å²) in [6.07, 6.45) is 3.55. The van der Waals surface area contributed by atoms with Gasteiger partial charge in [0.15, 0.2) is 5.82 Å². The summed E-state index contributed by atoms with van der Waals surface area (Å²) < 4.78 is 5.28. The van der Waals surface area contributed by atoms with Crippen LogP contribution in [0.5, 0.6) is 0 Å². The van der Waals surface area contributed by atoms with E-state index in [1.54, 1.807) is 11.8 Å². The van der Waals surface area contributed by atoms with Crippen molar-refractivity contribution in [2.75, 3.05) is 6.54 Å². The van der Waals surface area contributed by atoms with Gasteiger partial charge in [0.25, 0.3) is 0 Å². The Bertz CT molecular complexity index is 580. The largest absolute Gasteiger partial charge is 0.339 e. The molecule has 3 rings (SSSR count). The minimum absolute atomic E-state index is 0.532. The Balaban J connectivity index is 1.52. The second-order valence-corrected chi connectivity index (χ2v) is 6.48. The molecule has 1 aromatic carbocycles. The topological polar surface area (TPSA) is 51.0 Å². The van der Waals surface area contributed by atoms with Gasteiger partial charge in [0.05, 0.1) is 5.75 Å². The van der Waals surface area contributed by atoms with Gasteiger partial charge >= 0.3 is 0 Å². The number of thioether (sulfide) groups is 1. The fourth-order valence-electron chi connectivity index (χ4n) is 2.12. The standard InChI is InChI=1S/C16H21N3OS/c1-2-8-17-10-12-4-3-5-14(9-12)21-11-15-18-16(20-19-15)13-6-7-13/h3-5,9,13,17H,2,6-8,10-11H2,1H3. The first-order chi connectivity index (χ1) is 10.3. The van der Waals surface area contributed by atoms with E-state index in [0.29, 0.717) is 5.92 Å². The van der Waals surface area contributed by atoms with Gasteiger partial charge < -0.3 is 9.84 Å². The van der Waals surface area contributed by atoms with Crippen molar-refractivity contribution in [1.29, 1.82) is 0 Å². The van der Waals surface area contributed by atoms with Gasteiger partial charge in [-0.15, -0.1) is 11.8 Å². The predicted molar refractivity (Wildman–Crippen MR) is 84.3 cm³/mol. The van der Waals surface area contributed by atoms with Crippen LogP contribution in [0, 0.1) is 0 Å². The zero-order chi connectivity index (χ0) is 14.5. The molecule has 0 aliphatic heterocycles. The summed E-state index contributed by atoms with van der Waals surface area (Å²) >= 11 is 1.76. The summed E-state index contributed by atoms with van der Waals surface area (Å²) in [6.45, 7) is 4.17. The zero-order valence-corrected chi connectivity index (χ0v) is 13.2. The van der Waals surface area contributed by atoms with Crippen molar-refractivity contribution in [1.82, 2.24) is 15.5 Å². The molecule has 1 fully saturated rings. The van der Waals surface area contributed by atoms with Crippen LogP contribution < -0.4 is 5.32 Å². The lowest BCUT2D eigenvalue weighted by molar-refractivity contribution is 0.375. The lowest BCUT2D eigenvalue weighted by Crippen LogP contribution is -2.13. The third kappa shape index (κ3) is 4.32. The molecule has 1 aliphatic rings. The van der Waals surface area contributed by atoms with Crippen molar-refractivity contribution in [3.05, 3.63) is 41.5 Å². The third-order valence-electron chi connectivity index (χ3n) is 3.43. The number of hydrogen-bond acceptors (Lipinski definition) is 5. The Kier molecular flexibility index (Phi) is 4.93. The molecular weight excluding hydrogens is 282 g/mol. The highest BCUT2D eigenvalue weighted by molar-refractivity contribution is 7.98. The molecule has 0 spiro atoms. The lowest BCUT2D eigenvalue weighted by Gasteiger charge is -2.05. The minimum atomic E-state index is 0.532. The molecule has 2 aromatic rings. The van der Waals surface area contributed by atoms with Crippen molar-refractivity contribution >= 4 is 11.8 Å². The molecule has 0 unspecified atom stereocenters. The van der Waals surface area contributed by atoms with Crippen molar-refractivity contribution < 1.29 is 4.52 Å². The first-order valence-electron chi connectivity index (χ1n) is 7.60. The monoisotopic (exact) mass is 303 g/mol. The molecule has 21 heavy (non-hydrogen) atoms. The van der Waals surface area contributed by atoms with Crippen LogP contribution in [0.25, 0.3) is 0 Å². The van der Waals surface area contributed by atoms with Crippen molar-refractivity contribution in [3.63, 3.8) is 0 Å². The van der Waals surface area contributed by atoms with Gasteiger partial charge in [0.2, 0.25) is 5.89 Å². The van der Waals surface area contributed by atoms with Gasteiger partial charge in [-0.25, -0.2) is 0 Å². The van der Waals surface area contributed by atoms with Gasteiger partial charge in [0, 0.05) is 17.4 Å². The van der Waals surface area contributed by atoms with E-state index in [1.165, 1.54) is 23.3 Å². The summed E-state index contributed by atoms with van der Waals surface area (Å²) in [5.74, 6) is 2.92. The molecule has 112 valence electrons. The van der Waals surface area contributed by atoms with Crippen LogP contribution in [0.15, 0.2) is 33.7 Å². The van der Waals surface area contributed by atoms with Gasteiger partial charge in [-0.05, 0) is 43.5 Å². The maximum atomic E-state index is 5.28. The molecule has 1 aliphatic carbocycles. The lowest BCUT2D eigenvalue weighted by atomic mass is 10.2. The normalized spacial score (nSPS) is 14.5. The van der Waals surface area contributed by atoms with Gasteiger partial charge in [-0.1, -0.05) is 24.2 Å². The molecular formula is C16H21N3OS. The second kappa shape index (κ2) is 7.09. The molecule has 1 N–H and O–H groups in total. The van der Waals surface area contributed by atoms with E-state index < -0.39 is 0 Å². The molecule has 0 atom stereocenters. The zero-order valence-electron chi connectivity index (χ0n) is 12.3. The van der Waals surface area contributed by atoms with Crippen LogP contribution in [0.4, 0.5) is 0 Å². The van der Waals surface area contributed by atoms with Crippen molar-refractivity contribution in [3.8, 4) is 0 Å². The Morgan fingerprint density at radius 3 is 3.10 bits per heavy atom. The molecule has 1 saturated carbocycles. The van der Waals surface area contributed by atoms with Crippen LogP contribution in [-0.4, -0.2) is 16.7 Å². The number of rotatable bonds is 8. The average molecular weight is 303 g/mol. The van der Waals surface area contributed by atoms with E-state index in [9.17, 15) is 0 Å². The summed E-state index contributed by atoms with van der Waals surface area (Å²) in [7, 11) is 0. The second-order valence-electron chi connectivity index (χ2n) is 5.44. The summed E-state index contributed by atoms with van der Waals surface area (Å²) in [6, 6.07) is 8.63. The van der Waals surface area contributed by atoms with E-state index in [0.717, 1.165) is 37.0 Å². The van der Waals surface area contributed by atoms with Crippen LogP contribution in [0.3, 0.4) is 0 Å². The SMILES string of the molecule is CCCNCc1cccc(SCc2noc(C3CC3)n2)c1. The number of hydrogen-bond donors (Lipinski definition) is 1. The first kappa shape index (κ1) is 14.6. The van der Waals surface area contributed by atoms with Gasteiger partial charge in [-0.2, -0.15) is 4.98 Å². The van der Waals surface area contributed by atoms with E-state index >= 15 is 0 Å². The Morgan fingerprint density at radius 1 is 1.38 bits per heavy atom. The Morgan fingerprint density at radius 2 is 2.29 bits per heavy atom. The van der Waals surface area contributed by atoms with Crippen molar-refractivity contribution in [2.45, 2.75) is 49.3 Å². The molecule has 0 amide bonds. The molecule has 1 aromatic heterocycles. The highest BCUT2D eigenvalue weighted by atomic mass is 32.2. The number of nitrogens with zero attached hydrogens (tertiary/aromatic N) is 2. The number of nitrogens with one attached hydrogen (secondary N) is 1. The summed E-state index contributed by atoms with van der Waals surface area (Å²) in [4.78, 5) is 5.71. The van der Waals surface area contributed by atoms with Gasteiger partial charge in [0.1, 0.15) is 0 Å². The molecule has 0 bridgehead atoms. The number of benzene rings is 1. The van der Waals surface area contributed by atoms with Crippen LogP contribution in [0.2, 0.25) is 0 Å². The highest BCUT2D eigenvalue weighted by Gasteiger charge is 2.29. The molecule has 1 heterocycles. The maximum Gasteiger partial charge on any atom is 0.229 e. The van der Waals surface area contributed by atoms with Crippen LogP contribution >= 0.6 is 11.8 Å². The Hall–Kier alpha value is -1.33. The minimum Gasteiger partial charge on any atom is -0.339 e. The average Bonchev–Trinajstić information content (AvgIpc) is 3.25. The predicted octanol–water partition coefficient (Wildman–Crippen LogP) is 3.74. The van der Waals surface area contributed by atoms with Crippen molar-refractivity contribution in [2.24, 2.45) is 0 Å². The highest BCUT2D eigenvalue weighted by Crippen LogP contribution is 2.39. The third-order valence-corrected chi connectivity index (χ3v) is 4.42. The smallest absolute Gasteiger partial charge is 0.229 e. The Labute approximate surface area is 129 Å².